The number of aromatic nitrogens is 1. The summed E-state index contributed by atoms with van der Waals surface area (Å²) in [7, 11) is -2.26. The average Bonchev–Trinajstić information content (AvgIpc) is 3.00. The minimum Gasteiger partial charge on any atom is -0.408 e. The first-order valence-electron chi connectivity index (χ1n) is 8.78. The molecular weight excluding hydrogens is 374 g/mol. The van der Waals surface area contributed by atoms with Gasteiger partial charge in [-0.25, -0.2) is 17.9 Å². The van der Waals surface area contributed by atoms with E-state index in [0.29, 0.717) is 11.9 Å². The molecule has 10 heteroatoms. The Morgan fingerprint density at radius 1 is 1.37 bits per heavy atom. The summed E-state index contributed by atoms with van der Waals surface area (Å²) < 4.78 is 37.4. The summed E-state index contributed by atoms with van der Waals surface area (Å²) in [6.07, 6.45) is 3.40. The molecule has 27 heavy (non-hydrogen) atoms. The Labute approximate surface area is 156 Å². The van der Waals surface area contributed by atoms with Gasteiger partial charge in [-0.3, -0.25) is 9.78 Å². The Bertz CT molecular complexity index is 964. The zero-order valence-electron chi connectivity index (χ0n) is 15.0. The molecule has 1 fully saturated rings. The Balaban J connectivity index is 1.60. The third-order valence-electron chi connectivity index (χ3n) is 4.69. The van der Waals surface area contributed by atoms with Gasteiger partial charge in [0.05, 0.1) is 10.4 Å². The summed E-state index contributed by atoms with van der Waals surface area (Å²) in [4.78, 5) is 25.4. The van der Waals surface area contributed by atoms with Gasteiger partial charge < -0.3 is 14.5 Å². The van der Waals surface area contributed by atoms with E-state index < -0.39 is 15.8 Å². The molecule has 3 rings (SSSR count). The fraction of sp³-hybridized carbons (Fsp3) is 0.529. The standard InChI is InChI=1S/C17H23N3O6S/c1-25-10-16(21)19-12-4-2-3-11(7-12)9-18-27(23,24)13-5-6-14-15(8-13)26-17(22)20-14/h5-6,8,11-12,18H,2-4,7,9-10H2,1H3,(H,19,21)(H,20,22)/t11-,12+/m1/s1. The number of carbonyl (C=O) groups is 1. The second kappa shape index (κ2) is 8.24. The molecule has 148 valence electrons. The van der Waals surface area contributed by atoms with Crippen molar-refractivity contribution in [2.24, 2.45) is 5.92 Å². The second-order valence-electron chi connectivity index (χ2n) is 6.75. The van der Waals surface area contributed by atoms with Crippen LogP contribution in [0.4, 0.5) is 0 Å². The number of carbonyl (C=O) groups excluding carboxylic acids is 1. The van der Waals surface area contributed by atoms with Crippen LogP contribution in [0.25, 0.3) is 11.1 Å². The van der Waals surface area contributed by atoms with Crippen LogP contribution in [0.1, 0.15) is 25.7 Å². The van der Waals surface area contributed by atoms with Crippen molar-refractivity contribution in [3.05, 3.63) is 28.7 Å². The smallest absolute Gasteiger partial charge is 0.408 e. The molecule has 1 amide bonds. The van der Waals surface area contributed by atoms with Crippen molar-refractivity contribution in [3.63, 3.8) is 0 Å². The first kappa shape index (κ1) is 19.6. The predicted molar refractivity (Wildman–Crippen MR) is 97.8 cm³/mol. The van der Waals surface area contributed by atoms with E-state index in [1.165, 1.54) is 25.3 Å². The van der Waals surface area contributed by atoms with Crippen molar-refractivity contribution in [2.45, 2.75) is 36.6 Å². The quantitative estimate of drug-likeness (QED) is 0.631. The number of rotatable bonds is 7. The lowest BCUT2D eigenvalue weighted by Gasteiger charge is -2.29. The summed E-state index contributed by atoms with van der Waals surface area (Å²) in [5, 5.41) is 2.91. The lowest BCUT2D eigenvalue weighted by molar-refractivity contribution is -0.125. The lowest BCUT2D eigenvalue weighted by atomic mass is 9.86. The summed E-state index contributed by atoms with van der Waals surface area (Å²) in [5.74, 6) is -0.656. The number of amides is 1. The Morgan fingerprint density at radius 3 is 2.96 bits per heavy atom. The van der Waals surface area contributed by atoms with Gasteiger partial charge in [-0.05, 0) is 37.3 Å². The Kier molecular flexibility index (Phi) is 5.98. The molecular formula is C17H23N3O6S. The fourth-order valence-electron chi connectivity index (χ4n) is 3.41. The molecule has 2 aromatic rings. The first-order valence-corrected chi connectivity index (χ1v) is 10.3. The van der Waals surface area contributed by atoms with Crippen LogP contribution in [0.3, 0.4) is 0 Å². The van der Waals surface area contributed by atoms with Crippen LogP contribution in [-0.2, 0) is 19.6 Å². The Hall–Kier alpha value is -2.17. The van der Waals surface area contributed by atoms with Gasteiger partial charge >= 0.3 is 5.76 Å². The molecule has 3 N–H and O–H groups in total. The van der Waals surface area contributed by atoms with E-state index in [-0.39, 0.29) is 41.5 Å². The van der Waals surface area contributed by atoms with Gasteiger partial charge in [0.1, 0.15) is 6.61 Å². The summed E-state index contributed by atoms with van der Waals surface area (Å²) in [6.45, 7) is 0.305. The van der Waals surface area contributed by atoms with Crippen molar-refractivity contribution in [1.29, 1.82) is 0 Å². The van der Waals surface area contributed by atoms with E-state index >= 15 is 0 Å². The number of oxazole rings is 1. The van der Waals surface area contributed by atoms with Gasteiger partial charge in [0.25, 0.3) is 0 Å². The molecule has 0 aliphatic heterocycles. The molecule has 1 saturated carbocycles. The van der Waals surface area contributed by atoms with E-state index in [0.717, 1.165) is 19.3 Å². The number of hydrogen-bond donors (Lipinski definition) is 3. The van der Waals surface area contributed by atoms with Gasteiger partial charge in [-0.2, -0.15) is 0 Å². The third kappa shape index (κ3) is 4.96. The maximum absolute atomic E-state index is 12.5. The zero-order valence-corrected chi connectivity index (χ0v) is 15.8. The number of H-pyrrole nitrogens is 1. The molecule has 1 aliphatic carbocycles. The maximum Gasteiger partial charge on any atom is 0.417 e. The van der Waals surface area contributed by atoms with E-state index in [2.05, 4.69) is 15.0 Å². The number of nitrogens with one attached hydrogen (secondary N) is 3. The van der Waals surface area contributed by atoms with Crippen molar-refractivity contribution in [3.8, 4) is 0 Å². The largest absolute Gasteiger partial charge is 0.417 e. The maximum atomic E-state index is 12.5. The SMILES string of the molecule is COCC(=O)N[C@H]1CCC[C@@H](CNS(=O)(=O)c2ccc3[nH]c(=O)oc3c2)C1. The molecule has 0 spiro atoms. The van der Waals surface area contributed by atoms with Crippen LogP contribution in [0.15, 0.2) is 32.3 Å². The molecule has 1 aromatic heterocycles. The van der Waals surface area contributed by atoms with Gasteiger partial charge in [-0.1, -0.05) is 6.42 Å². The lowest BCUT2D eigenvalue weighted by Crippen LogP contribution is -2.42. The summed E-state index contributed by atoms with van der Waals surface area (Å²) in [6, 6.07) is 4.27. The molecule has 2 atom stereocenters. The number of benzene rings is 1. The first-order chi connectivity index (χ1) is 12.9. The van der Waals surface area contributed by atoms with E-state index in [9.17, 15) is 18.0 Å². The van der Waals surface area contributed by atoms with Crippen LogP contribution < -0.4 is 15.8 Å². The van der Waals surface area contributed by atoms with Crippen LogP contribution in [0.5, 0.6) is 0 Å². The third-order valence-corrected chi connectivity index (χ3v) is 6.11. The van der Waals surface area contributed by atoms with E-state index in [1.54, 1.807) is 0 Å². The van der Waals surface area contributed by atoms with E-state index in [1.807, 2.05) is 0 Å². The zero-order chi connectivity index (χ0) is 19.4. The van der Waals surface area contributed by atoms with Gasteiger partial charge in [-0.15, -0.1) is 0 Å². The van der Waals surface area contributed by atoms with Gasteiger partial charge in [0.15, 0.2) is 5.58 Å². The summed E-state index contributed by atoms with van der Waals surface area (Å²) >= 11 is 0. The highest BCUT2D eigenvalue weighted by Gasteiger charge is 2.25. The molecule has 0 radical (unpaired) electrons. The van der Waals surface area contributed by atoms with Gasteiger partial charge in [0.2, 0.25) is 15.9 Å². The molecule has 1 aromatic carbocycles. The van der Waals surface area contributed by atoms with Crippen LogP contribution in [0, 0.1) is 5.92 Å². The predicted octanol–water partition coefficient (Wildman–Crippen LogP) is 0.721. The number of ether oxygens (including phenoxy) is 1. The molecule has 0 unspecified atom stereocenters. The molecule has 0 saturated heterocycles. The second-order valence-corrected chi connectivity index (χ2v) is 8.52. The fourth-order valence-corrected chi connectivity index (χ4v) is 4.54. The number of fused-ring (bicyclic) bond motifs is 1. The monoisotopic (exact) mass is 397 g/mol. The minimum atomic E-state index is -3.72. The molecule has 9 nitrogen and oxygen atoms in total. The topological polar surface area (TPSA) is 130 Å². The number of methoxy groups -OCH3 is 1. The molecule has 1 aliphatic rings. The summed E-state index contributed by atoms with van der Waals surface area (Å²) in [5.41, 5.74) is 0.641. The van der Waals surface area contributed by atoms with Gasteiger partial charge in [0, 0.05) is 25.8 Å². The highest BCUT2D eigenvalue weighted by molar-refractivity contribution is 7.89. The number of sulfonamides is 1. The van der Waals surface area contributed by atoms with Crippen molar-refractivity contribution in [1.82, 2.24) is 15.0 Å². The van der Waals surface area contributed by atoms with Crippen LogP contribution in [0.2, 0.25) is 0 Å². The van der Waals surface area contributed by atoms with Crippen LogP contribution >= 0.6 is 0 Å². The van der Waals surface area contributed by atoms with Crippen molar-refractivity contribution < 1.29 is 22.4 Å². The average molecular weight is 397 g/mol. The van der Waals surface area contributed by atoms with Crippen molar-refractivity contribution >= 4 is 27.0 Å². The normalized spacial score (nSPS) is 20.6. The van der Waals surface area contributed by atoms with Crippen molar-refractivity contribution in [2.75, 3.05) is 20.3 Å². The molecule has 1 heterocycles. The molecule has 0 bridgehead atoms. The van der Waals surface area contributed by atoms with Crippen LogP contribution in [-0.4, -0.2) is 45.6 Å². The minimum absolute atomic E-state index is 0.0194. The number of aromatic amines is 1. The Morgan fingerprint density at radius 2 is 2.19 bits per heavy atom. The van der Waals surface area contributed by atoms with E-state index in [4.69, 9.17) is 9.15 Å². The highest BCUT2D eigenvalue weighted by Crippen LogP contribution is 2.24. The highest BCUT2D eigenvalue weighted by atomic mass is 32.2. The number of hydrogen-bond acceptors (Lipinski definition) is 6.